The Bertz CT molecular complexity index is 260. The summed E-state index contributed by atoms with van der Waals surface area (Å²) >= 11 is 0. The van der Waals surface area contributed by atoms with Gasteiger partial charge in [0.15, 0.2) is 5.78 Å². The van der Waals surface area contributed by atoms with Crippen LogP contribution in [0.1, 0.15) is 52.4 Å². The fourth-order valence-corrected chi connectivity index (χ4v) is 4.68. The minimum Gasteiger partial charge on any atom is -0.397 e. The zero-order valence-electron chi connectivity index (χ0n) is 13.0. The van der Waals surface area contributed by atoms with E-state index in [1.165, 1.54) is 32.1 Å². The third-order valence-corrected chi connectivity index (χ3v) is 6.94. The number of hydrogen-bond donors (Lipinski definition) is 0. The Labute approximate surface area is 119 Å². The average molecular weight is 286 g/mol. The molecule has 0 aromatic heterocycles. The van der Waals surface area contributed by atoms with E-state index in [0.29, 0.717) is 6.04 Å². The molecular formula is C15H30O3Si. The number of unbranched alkanes of at least 4 members (excludes halogenated alkanes) is 5. The first kappa shape index (κ1) is 18.5. The molecule has 0 heterocycles. The minimum absolute atomic E-state index is 0.115. The number of carbonyl (C=O) groups excluding carboxylic acids is 1. The third-order valence-electron chi connectivity index (χ3n) is 3.45. The van der Waals surface area contributed by atoms with Crippen LogP contribution >= 0.6 is 0 Å². The van der Waals surface area contributed by atoms with Gasteiger partial charge < -0.3 is 8.85 Å². The summed E-state index contributed by atoms with van der Waals surface area (Å²) in [4.78, 5) is 11.7. The smallest absolute Gasteiger partial charge is 0.345 e. The molecule has 0 aliphatic rings. The minimum atomic E-state index is -2.31. The molecule has 112 valence electrons. The lowest BCUT2D eigenvalue weighted by Crippen LogP contribution is -2.41. The lowest BCUT2D eigenvalue weighted by molar-refractivity contribution is -0.113. The van der Waals surface area contributed by atoms with Crippen LogP contribution in [0.3, 0.4) is 0 Å². The quantitative estimate of drug-likeness (QED) is 0.306. The lowest BCUT2D eigenvalue weighted by Gasteiger charge is -2.26. The van der Waals surface area contributed by atoms with E-state index in [1.54, 1.807) is 26.4 Å². The summed E-state index contributed by atoms with van der Waals surface area (Å²) in [5.74, 6) is 0.115. The van der Waals surface area contributed by atoms with Crippen LogP contribution in [0.2, 0.25) is 12.1 Å². The molecule has 0 aliphatic carbocycles. The Kier molecular flexibility index (Phi) is 11.1. The Balaban J connectivity index is 4.12. The Morgan fingerprint density at radius 2 is 1.63 bits per heavy atom. The van der Waals surface area contributed by atoms with Crippen LogP contribution in [0.5, 0.6) is 0 Å². The molecule has 0 N–H and O–H groups in total. The van der Waals surface area contributed by atoms with Crippen LogP contribution in [0.4, 0.5) is 0 Å². The standard InChI is InChI=1S/C15H30O3Si/c1-5-7-8-9-10-11-13-19(17-3,18-4)14-15(16)12-6-2/h6,12H,5,7-11,13-14H2,1-4H3. The molecule has 0 saturated carbocycles. The predicted octanol–water partition coefficient (Wildman–Crippen LogP) is 4.23. The first-order valence-electron chi connectivity index (χ1n) is 7.40. The molecule has 4 heteroatoms. The summed E-state index contributed by atoms with van der Waals surface area (Å²) in [7, 11) is 1.04. The molecule has 3 nitrogen and oxygen atoms in total. The van der Waals surface area contributed by atoms with Crippen molar-refractivity contribution in [3.63, 3.8) is 0 Å². The highest BCUT2D eigenvalue weighted by Crippen LogP contribution is 2.22. The molecule has 0 bridgehead atoms. The van der Waals surface area contributed by atoms with Crippen molar-refractivity contribution in [1.29, 1.82) is 0 Å². The second kappa shape index (κ2) is 11.4. The van der Waals surface area contributed by atoms with E-state index in [1.807, 2.05) is 6.92 Å². The Hall–Kier alpha value is -0.453. The first-order valence-corrected chi connectivity index (χ1v) is 9.63. The molecule has 0 amide bonds. The van der Waals surface area contributed by atoms with Gasteiger partial charge in [-0.25, -0.2) is 0 Å². The van der Waals surface area contributed by atoms with Gasteiger partial charge in [0.2, 0.25) is 0 Å². The van der Waals surface area contributed by atoms with Crippen LogP contribution in [-0.2, 0) is 13.6 Å². The van der Waals surface area contributed by atoms with Gasteiger partial charge in [0.05, 0.1) is 6.04 Å². The number of carbonyl (C=O) groups is 1. The summed E-state index contributed by atoms with van der Waals surface area (Å²) in [6.45, 7) is 4.08. The van der Waals surface area contributed by atoms with Crippen LogP contribution in [-0.4, -0.2) is 28.6 Å². The van der Waals surface area contributed by atoms with Crippen molar-refractivity contribution < 1.29 is 13.6 Å². The van der Waals surface area contributed by atoms with E-state index < -0.39 is 8.56 Å². The summed E-state index contributed by atoms with van der Waals surface area (Å²) in [6.07, 6.45) is 10.9. The molecule has 0 radical (unpaired) electrons. The topological polar surface area (TPSA) is 35.5 Å². The number of ketones is 1. The van der Waals surface area contributed by atoms with Gasteiger partial charge in [-0.2, -0.15) is 0 Å². The second-order valence-corrected chi connectivity index (χ2v) is 8.47. The highest BCUT2D eigenvalue weighted by Gasteiger charge is 2.36. The van der Waals surface area contributed by atoms with Gasteiger partial charge in [-0.3, -0.25) is 4.79 Å². The van der Waals surface area contributed by atoms with E-state index in [9.17, 15) is 4.79 Å². The normalized spacial score (nSPS) is 12.2. The molecule has 0 aromatic carbocycles. The largest absolute Gasteiger partial charge is 0.397 e. The van der Waals surface area contributed by atoms with E-state index in [2.05, 4.69) is 6.92 Å². The van der Waals surface area contributed by atoms with Gasteiger partial charge in [0, 0.05) is 14.2 Å². The fraction of sp³-hybridized carbons (Fsp3) is 0.800. The van der Waals surface area contributed by atoms with Crippen molar-refractivity contribution in [2.45, 2.75) is 64.5 Å². The van der Waals surface area contributed by atoms with E-state index >= 15 is 0 Å². The summed E-state index contributed by atoms with van der Waals surface area (Å²) in [5, 5.41) is 0. The number of allylic oxidation sites excluding steroid dienone is 2. The lowest BCUT2D eigenvalue weighted by atomic mass is 10.1. The molecule has 0 spiro atoms. The van der Waals surface area contributed by atoms with Gasteiger partial charge >= 0.3 is 8.56 Å². The highest BCUT2D eigenvalue weighted by molar-refractivity contribution is 6.70. The molecule has 0 atom stereocenters. The Morgan fingerprint density at radius 1 is 1.05 bits per heavy atom. The molecule has 19 heavy (non-hydrogen) atoms. The van der Waals surface area contributed by atoms with Crippen LogP contribution < -0.4 is 0 Å². The van der Waals surface area contributed by atoms with E-state index in [4.69, 9.17) is 8.85 Å². The maximum absolute atomic E-state index is 11.7. The molecule has 0 unspecified atom stereocenters. The van der Waals surface area contributed by atoms with Crippen molar-refractivity contribution in [3.05, 3.63) is 12.2 Å². The van der Waals surface area contributed by atoms with Crippen molar-refractivity contribution >= 4 is 14.3 Å². The maximum Gasteiger partial charge on any atom is 0.345 e. The first-order chi connectivity index (χ1) is 9.14. The Morgan fingerprint density at radius 3 is 2.16 bits per heavy atom. The van der Waals surface area contributed by atoms with Gasteiger partial charge in [0.1, 0.15) is 0 Å². The van der Waals surface area contributed by atoms with E-state index in [0.717, 1.165) is 12.5 Å². The van der Waals surface area contributed by atoms with Gasteiger partial charge in [-0.15, -0.1) is 0 Å². The number of rotatable bonds is 12. The molecule has 0 rings (SSSR count). The average Bonchev–Trinajstić information content (AvgIpc) is 2.41. The molecule has 0 aliphatic heterocycles. The summed E-state index contributed by atoms with van der Waals surface area (Å²) in [6, 6.07) is 1.34. The van der Waals surface area contributed by atoms with Gasteiger partial charge in [0.25, 0.3) is 0 Å². The predicted molar refractivity (Wildman–Crippen MR) is 82.6 cm³/mol. The van der Waals surface area contributed by atoms with Crippen molar-refractivity contribution in [3.8, 4) is 0 Å². The second-order valence-electron chi connectivity index (χ2n) is 4.98. The molecule has 0 saturated heterocycles. The van der Waals surface area contributed by atoms with Crippen molar-refractivity contribution in [1.82, 2.24) is 0 Å². The summed E-state index contributed by atoms with van der Waals surface area (Å²) in [5.41, 5.74) is 0. The van der Waals surface area contributed by atoms with Crippen LogP contribution in [0.25, 0.3) is 0 Å². The third kappa shape index (κ3) is 8.34. The fourth-order valence-electron chi connectivity index (χ4n) is 2.21. The molecular weight excluding hydrogens is 256 g/mol. The van der Waals surface area contributed by atoms with E-state index in [-0.39, 0.29) is 5.78 Å². The maximum atomic E-state index is 11.7. The SMILES string of the molecule is CC=CC(=O)C[Si](CCCCCCCC)(OC)OC. The van der Waals surface area contributed by atoms with Crippen LogP contribution in [0, 0.1) is 0 Å². The molecule has 0 fully saturated rings. The zero-order chi connectivity index (χ0) is 14.6. The van der Waals surface area contributed by atoms with Gasteiger partial charge in [-0.05, 0) is 19.0 Å². The van der Waals surface area contributed by atoms with Crippen molar-refractivity contribution in [2.75, 3.05) is 14.2 Å². The molecule has 0 aromatic rings. The van der Waals surface area contributed by atoms with Crippen molar-refractivity contribution in [2.24, 2.45) is 0 Å². The van der Waals surface area contributed by atoms with Gasteiger partial charge in [-0.1, -0.05) is 51.5 Å². The number of hydrogen-bond acceptors (Lipinski definition) is 3. The van der Waals surface area contributed by atoms with Crippen LogP contribution in [0.15, 0.2) is 12.2 Å². The highest BCUT2D eigenvalue weighted by atomic mass is 28.4. The zero-order valence-corrected chi connectivity index (χ0v) is 14.0. The summed E-state index contributed by atoms with van der Waals surface area (Å²) < 4.78 is 11.2. The monoisotopic (exact) mass is 286 g/mol.